The summed E-state index contributed by atoms with van der Waals surface area (Å²) in [5.41, 5.74) is 0. The number of carbonyl (C=O) groups is 2. The first-order valence-corrected chi connectivity index (χ1v) is 21.3. The Labute approximate surface area is 319 Å². The number of aliphatic hydroxyl groups is 1. The van der Waals surface area contributed by atoms with Gasteiger partial charge in [0.2, 0.25) is 0 Å². The average molecular weight is 727 g/mol. The van der Waals surface area contributed by atoms with E-state index in [9.17, 15) is 14.7 Å². The second-order valence-electron chi connectivity index (χ2n) is 14.9. The first-order chi connectivity index (χ1) is 25.5. The first kappa shape index (κ1) is 47.6. The molecule has 0 bridgehead atoms. The van der Waals surface area contributed by atoms with Crippen molar-refractivity contribution in [1.29, 1.82) is 0 Å². The Bertz CT molecular complexity index is 993. The molecule has 6 nitrogen and oxygen atoms in total. The van der Waals surface area contributed by atoms with Gasteiger partial charge in [0.15, 0.2) is 6.10 Å². The normalized spacial score (nSPS) is 16.8. The van der Waals surface area contributed by atoms with Crippen molar-refractivity contribution in [3.05, 3.63) is 60.8 Å². The van der Waals surface area contributed by atoms with E-state index in [0.29, 0.717) is 25.0 Å². The van der Waals surface area contributed by atoms with Crippen molar-refractivity contribution in [1.82, 2.24) is 0 Å². The molecular weight excluding hydrogens is 648 g/mol. The van der Waals surface area contributed by atoms with Crippen LogP contribution >= 0.6 is 0 Å². The molecule has 0 aromatic heterocycles. The Morgan fingerprint density at radius 3 is 1.56 bits per heavy atom. The van der Waals surface area contributed by atoms with E-state index >= 15 is 0 Å². The third kappa shape index (κ3) is 32.2. The predicted octanol–water partition coefficient (Wildman–Crippen LogP) is 12.4. The maximum Gasteiger partial charge on any atom is 0.306 e. The van der Waals surface area contributed by atoms with Crippen LogP contribution in [0.3, 0.4) is 0 Å². The van der Waals surface area contributed by atoms with E-state index in [2.05, 4.69) is 69.4 Å². The number of carbonyl (C=O) groups excluding carboxylic acids is 2. The highest BCUT2D eigenvalue weighted by molar-refractivity contribution is 5.70. The van der Waals surface area contributed by atoms with Crippen molar-refractivity contribution >= 4 is 11.9 Å². The fraction of sp³-hybridized carbons (Fsp3) is 0.739. The van der Waals surface area contributed by atoms with Crippen LogP contribution < -0.4 is 0 Å². The lowest BCUT2D eigenvalue weighted by Crippen LogP contribution is -2.28. The van der Waals surface area contributed by atoms with Crippen molar-refractivity contribution in [2.75, 3.05) is 13.2 Å². The topological polar surface area (TPSA) is 85.4 Å². The van der Waals surface area contributed by atoms with Crippen LogP contribution in [0.4, 0.5) is 0 Å². The zero-order chi connectivity index (χ0) is 37.7. The fourth-order valence-electron chi connectivity index (χ4n) is 6.10. The molecule has 1 N–H and O–H groups in total. The molecule has 0 saturated carbocycles. The molecule has 3 atom stereocenters. The summed E-state index contributed by atoms with van der Waals surface area (Å²) in [6, 6.07) is 0. The van der Waals surface area contributed by atoms with Gasteiger partial charge in [0.1, 0.15) is 6.61 Å². The zero-order valence-corrected chi connectivity index (χ0v) is 33.7. The van der Waals surface area contributed by atoms with Gasteiger partial charge in [-0.05, 0) is 57.3 Å². The highest BCUT2D eigenvalue weighted by Gasteiger charge is 2.35. The number of hydrogen-bond acceptors (Lipinski definition) is 6. The number of allylic oxidation sites excluding steroid dienone is 8. The molecule has 1 rings (SSSR count). The highest BCUT2D eigenvalue weighted by Crippen LogP contribution is 2.29. The fourth-order valence-corrected chi connectivity index (χ4v) is 6.10. The summed E-state index contributed by atoms with van der Waals surface area (Å²) < 4.78 is 16.2. The maximum absolute atomic E-state index is 12.2. The van der Waals surface area contributed by atoms with Crippen molar-refractivity contribution in [2.45, 2.75) is 200 Å². The van der Waals surface area contributed by atoms with Crippen LogP contribution in [-0.4, -0.2) is 48.6 Å². The smallest absolute Gasteiger partial charge is 0.306 e. The van der Waals surface area contributed by atoms with Gasteiger partial charge < -0.3 is 19.3 Å². The van der Waals surface area contributed by atoms with Crippen molar-refractivity contribution in [3.63, 3.8) is 0 Å². The average Bonchev–Trinajstić information content (AvgIpc) is 3.89. The lowest BCUT2D eigenvalue weighted by atomic mass is 10.0. The Hall–Kier alpha value is -2.44. The number of unbranched alkanes of at least 4 members (excludes halogenated alkanes) is 14. The number of aliphatic hydroxyl groups excluding tert-OH is 1. The van der Waals surface area contributed by atoms with Crippen LogP contribution in [0.1, 0.15) is 181 Å². The molecule has 0 aromatic carbocycles. The van der Waals surface area contributed by atoms with E-state index in [4.69, 9.17) is 14.2 Å². The predicted molar refractivity (Wildman–Crippen MR) is 218 cm³/mol. The van der Waals surface area contributed by atoms with Crippen LogP contribution in [-0.2, 0) is 23.8 Å². The molecule has 1 saturated heterocycles. The van der Waals surface area contributed by atoms with E-state index in [0.717, 1.165) is 63.7 Å². The van der Waals surface area contributed by atoms with Crippen LogP contribution in [0, 0.1) is 5.92 Å². The molecule has 0 radical (unpaired) electrons. The molecule has 298 valence electrons. The van der Waals surface area contributed by atoms with Crippen LogP contribution in [0.5, 0.6) is 0 Å². The third-order valence-corrected chi connectivity index (χ3v) is 9.42. The summed E-state index contributed by atoms with van der Waals surface area (Å²) in [6.45, 7) is 6.31. The van der Waals surface area contributed by atoms with Gasteiger partial charge in [-0.3, -0.25) is 9.59 Å². The SMILES string of the molecule is CC/C=C\CC1OC1C/C=C\C/C=C\C/C=C\C/C=C\CCC(=O)OC[C@H](CO)OC(=O)CCCCCCCCCCCCCCCCCC(C)C. The number of rotatable bonds is 36. The lowest BCUT2D eigenvalue weighted by molar-refractivity contribution is -0.161. The standard InChI is InChI=1S/C46H78O6/c1-4-5-29-35-43-44(52-43)36-31-26-22-18-14-11-12-15-19-23-27-32-37-45(48)50-40-42(39-47)51-46(49)38-33-28-24-20-16-10-8-6-7-9-13-17-21-25-30-34-41(2)3/h5,12,14-15,18,23,26-27,29,31,41-44,47H,4,6-11,13,16-17,19-22,24-25,28,30,32-40H2,1-3H3/b15-12-,18-14-,27-23-,29-5-,31-26-/t42-,43?,44?/m0/s1. The van der Waals surface area contributed by atoms with E-state index in [1.54, 1.807) is 0 Å². The molecule has 1 fully saturated rings. The summed E-state index contributed by atoms with van der Waals surface area (Å²) in [6.07, 6.45) is 49.1. The molecule has 0 aromatic rings. The molecule has 0 amide bonds. The minimum Gasteiger partial charge on any atom is -0.462 e. The van der Waals surface area contributed by atoms with Gasteiger partial charge in [-0.2, -0.15) is 0 Å². The molecule has 1 aliphatic rings. The molecule has 6 heteroatoms. The summed E-state index contributed by atoms with van der Waals surface area (Å²) in [4.78, 5) is 24.3. The Balaban J connectivity index is 1.91. The molecule has 0 aliphatic carbocycles. The molecule has 0 spiro atoms. The van der Waals surface area contributed by atoms with Crippen molar-refractivity contribution in [2.24, 2.45) is 5.92 Å². The Morgan fingerprint density at radius 2 is 1.06 bits per heavy atom. The van der Waals surface area contributed by atoms with Crippen LogP contribution in [0.2, 0.25) is 0 Å². The quantitative estimate of drug-likeness (QED) is 0.0299. The van der Waals surface area contributed by atoms with Gasteiger partial charge in [0.25, 0.3) is 0 Å². The van der Waals surface area contributed by atoms with Crippen LogP contribution in [0.25, 0.3) is 0 Å². The molecule has 52 heavy (non-hydrogen) atoms. The largest absolute Gasteiger partial charge is 0.462 e. The van der Waals surface area contributed by atoms with Gasteiger partial charge >= 0.3 is 11.9 Å². The van der Waals surface area contributed by atoms with Crippen LogP contribution in [0.15, 0.2) is 60.8 Å². The molecule has 2 unspecified atom stereocenters. The summed E-state index contributed by atoms with van der Waals surface area (Å²) in [5.74, 6) is 0.157. The van der Waals surface area contributed by atoms with Gasteiger partial charge in [0, 0.05) is 12.8 Å². The molecule has 1 aliphatic heterocycles. The molecule has 1 heterocycles. The first-order valence-electron chi connectivity index (χ1n) is 21.3. The van der Waals surface area contributed by atoms with Gasteiger partial charge in [-0.25, -0.2) is 0 Å². The number of esters is 2. The second-order valence-corrected chi connectivity index (χ2v) is 14.9. The van der Waals surface area contributed by atoms with E-state index < -0.39 is 6.10 Å². The monoisotopic (exact) mass is 727 g/mol. The highest BCUT2D eigenvalue weighted by atomic mass is 16.6. The number of ether oxygens (including phenoxy) is 3. The van der Waals surface area contributed by atoms with Gasteiger partial charge in [-0.1, -0.05) is 178 Å². The minimum absolute atomic E-state index is 0.110. The second kappa shape index (κ2) is 35.6. The minimum atomic E-state index is -0.806. The zero-order valence-electron chi connectivity index (χ0n) is 33.7. The lowest BCUT2D eigenvalue weighted by Gasteiger charge is -2.15. The molecular formula is C46H78O6. The van der Waals surface area contributed by atoms with E-state index in [-0.39, 0.29) is 31.6 Å². The summed E-state index contributed by atoms with van der Waals surface area (Å²) >= 11 is 0. The van der Waals surface area contributed by atoms with E-state index in [1.807, 2.05) is 12.2 Å². The summed E-state index contributed by atoms with van der Waals surface area (Å²) in [5, 5.41) is 9.57. The van der Waals surface area contributed by atoms with E-state index in [1.165, 1.54) is 83.5 Å². The van der Waals surface area contributed by atoms with Gasteiger partial charge in [0.05, 0.1) is 18.8 Å². The summed E-state index contributed by atoms with van der Waals surface area (Å²) in [7, 11) is 0. The van der Waals surface area contributed by atoms with Crippen molar-refractivity contribution < 1.29 is 28.9 Å². The number of hydrogen-bond donors (Lipinski definition) is 1. The Morgan fingerprint density at radius 1 is 0.596 bits per heavy atom. The number of epoxide rings is 1. The third-order valence-electron chi connectivity index (χ3n) is 9.42. The van der Waals surface area contributed by atoms with Crippen molar-refractivity contribution in [3.8, 4) is 0 Å². The Kier molecular flexibility index (Phi) is 32.6. The maximum atomic E-state index is 12.2. The van der Waals surface area contributed by atoms with Gasteiger partial charge in [-0.15, -0.1) is 0 Å².